The maximum Gasteiger partial charge on any atom is 0.389 e. The first-order valence-corrected chi connectivity index (χ1v) is 5.01. The summed E-state index contributed by atoms with van der Waals surface area (Å²) < 4.78 is 35.5. The standard InChI is InChI=1S/C10H20F3N/c1-4-9(2,3)8(14)6-5-7-10(11,12)13/h8H,4-7,14H2,1-3H3. The summed E-state index contributed by atoms with van der Waals surface area (Å²) in [6.45, 7) is 5.99. The fourth-order valence-corrected chi connectivity index (χ4v) is 1.18. The summed E-state index contributed by atoms with van der Waals surface area (Å²) in [4.78, 5) is 0. The monoisotopic (exact) mass is 211 g/mol. The van der Waals surface area contributed by atoms with Crippen molar-refractivity contribution in [2.45, 2.75) is 58.7 Å². The van der Waals surface area contributed by atoms with Crippen LogP contribution in [0.4, 0.5) is 13.2 Å². The minimum atomic E-state index is -4.05. The van der Waals surface area contributed by atoms with Crippen molar-refractivity contribution in [2.75, 3.05) is 0 Å². The van der Waals surface area contributed by atoms with Crippen molar-refractivity contribution in [3.05, 3.63) is 0 Å². The van der Waals surface area contributed by atoms with E-state index in [1.807, 2.05) is 20.8 Å². The molecule has 0 heterocycles. The molecule has 0 aromatic rings. The van der Waals surface area contributed by atoms with Gasteiger partial charge in [-0.05, 0) is 24.7 Å². The molecule has 0 aromatic carbocycles. The van der Waals surface area contributed by atoms with Crippen LogP contribution in [0.5, 0.6) is 0 Å². The van der Waals surface area contributed by atoms with E-state index in [0.29, 0.717) is 6.42 Å². The Kier molecular flexibility index (Phi) is 4.92. The highest BCUT2D eigenvalue weighted by Gasteiger charge is 2.29. The summed E-state index contributed by atoms with van der Waals surface area (Å²) in [5, 5.41) is 0. The molecular weight excluding hydrogens is 191 g/mol. The van der Waals surface area contributed by atoms with Gasteiger partial charge in [-0.25, -0.2) is 0 Å². The Hall–Kier alpha value is -0.250. The van der Waals surface area contributed by atoms with E-state index in [9.17, 15) is 13.2 Å². The van der Waals surface area contributed by atoms with Crippen LogP contribution in [0.1, 0.15) is 46.5 Å². The fourth-order valence-electron chi connectivity index (χ4n) is 1.18. The Morgan fingerprint density at radius 1 is 1.21 bits per heavy atom. The third kappa shape index (κ3) is 5.47. The van der Waals surface area contributed by atoms with Gasteiger partial charge >= 0.3 is 6.18 Å². The maximum atomic E-state index is 11.8. The SMILES string of the molecule is CCC(C)(C)C(N)CCCC(F)(F)F. The van der Waals surface area contributed by atoms with Crippen LogP contribution in [0.15, 0.2) is 0 Å². The average molecular weight is 211 g/mol. The van der Waals surface area contributed by atoms with Crippen molar-refractivity contribution < 1.29 is 13.2 Å². The summed E-state index contributed by atoms with van der Waals surface area (Å²) in [7, 11) is 0. The van der Waals surface area contributed by atoms with Crippen molar-refractivity contribution in [3.63, 3.8) is 0 Å². The summed E-state index contributed by atoms with van der Waals surface area (Å²) in [5.74, 6) is 0. The first-order valence-electron chi connectivity index (χ1n) is 5.01. The van der Waals surface area contributed by atoms with Gasteiger partial charge in [-0.3, -0.25) is 0 Å². The number of hydrogen-bond donors (Lipinski definition) is 1. The number of nitrogens with two attached hydrogens (primary N) is 1. The van der Waals surface area contributed by atoms with Crippen molar-refractivity contribution in [1.82, 2.24) is 0 Å². The molecule has 1 unspecified atom stereocenters. The number of halogens is 3. The predicted octanol–water partition coefficient (Wildman–Crippen LogP) is 3.48. The normalized spacial score (nSPS) is 15.6. The van der Waals surface area contributed by atoms with Gasteiger partial charge in [0.25, 0.3) is 0 Å². The van der Waals surface area contributed by atoms with E-state index in [4.69, 9.17) is 5.73 Å². The highest BCUT2D eigenvalue weighted by atomic mass is 19.4. The number of rotatable bonds is 5. The molecule has 14 heavy (non-hydrogen) atoms. The van der Waals surface area contributed by atoms with E-state index in [0.717, 1.165) is 6.42 Å². The highest BCUT2D eigenvalue weighted by molar-refractivity contribution is 4.80. The second-order valence-electron chi connectivity index (χ2n) is 4.46. The zero-order valence-corrected chi connectivity index (χ0v) is 9.12. The lowest BCUT2D eigenvalue weighted by atomic mass is 9.80. The second-order valence-corrected chi connectivity index (χ2v) is 4.46. The van der Waals surface area contributed by atoms with Gasteiger partial charge in [-0.1, -0.05) is 20.8 Å². The molecular formula is C10H20F3N. The molecule has 0 saturated carbocycles. The van der Waals surface area contributed by atoms with E-state index in [-0.39, 0.29) is 17.9 Å². The molecule has 0 aliphatic carbocycles. The largest absolute Gasteiger partial charge is 0.389 e. The molecule has 0 radical (unpaired) electrons. The quantitative estimate of drug-likeness (QED) is 0.740. The van der Waals surface area contributed by atoms with Crippen LogP contribution in [-0.4, -0.2) is 12.2 Å². The molecule has 4 heteroatoms. The van der Waals surface area contributed by atoms with Gasteiger partial charge in [0.1, 0.15) is 0 Å². The number of alkyl halides is 3. The molecule has 2 N–H and O–H groups in total. The van der Waals surface area contributed by atoms with Crippen LogP contribution in [0.3, 0.4) is 0 Å². The van der Waals surface area contributed by atoms with Crippen LogP contribution in [0.2, 0.25) is 0 Å². The van der Waals surface area contributed by atoms with E-state index in [1.54, 1.807) is 0 Å². The summed E-state index contributed by atoms with van der Waals surface area (Å²) in [6, 6.07) is -0.144. The van der Waals surface area contributed by atoms with E-state index >= 15 is 0 Å². The van der Waals surface area contributed by atoms with Crippen LogP contribution < -0.4 is 5.73 Å². The zero-order chi connectivity index (χ0) is 11.4. The summed E-state index contributed by atoms with van der Waals surface area (Å²) in [5.41, 5.74) is 5.76. The lowest BCUT2D eigenvalue weighted by Gasteiger charge is -2.30. The molecule has 0 saturated heterocycles. The molecule has 0 amide bonds. The molecule has 0 aromatic heterocycles. The van der Waals surface area contributed by atoms with Crippen molar-refractivity contribution in [3.8, 4) is 0 Å². The molecule has 0 aliphatic heterocycles. The van der Waals surface area contributed by atoms with Crippen LogP contribution in [0, 0.1) is 5.41 Å². The lowest BCUT2D eigenvalue weighted by molar-refractivity contribution is -0.136. The molecule has 86 valence electrons. The topological polar surface area (TPSA) is 26.0 Å². The summed E-state index contributed by atoms with van der Waals surface area (Å²) in [6.07, 6.45) is -3.30. The van der Waals surface area contributed by atoms with E-state index in [2.05, 4.69) is 0 Å². The van der Waals surface area contributed by atoms with Crippen LogP contribution in [-0.2, 0) is 0 Å². The number of hydrogen-bond acceptors (Lipinski definition) is 1. The van der Waals surface area contributed by atoms with Crippen molar-refractivity contribution >= 4 is 0 Å². The van der Waals surface area contributed by atoms with Gasteiger partial charge in [0, 0.05) is 12.5 Å². The first kappa shape index (κ1) is 13.8. The molecule has 1 nitrogen and oxygen atoms in total. The Morgan fingerprint density at radius 3 is 2.07 bits per heavy atom. The highest BCUT2D eigenvalue weighted by Crippen LogP contribution is 2.28. The first-order chi connectivity index (χ1) is 6.19. The lowest BCUT2D eigenvalue weighted by Crippen LogP contribution is -2.36. The Morgan fingerprint density at radius 2 is 1.71 bits per heavy atom. The minimum Gasteiger partial charge on any atom is -0.327 e. The van der Waals surface area contributed by atoms with Gasteiger partial charge < -0.3 is 5.73 Å². The second kappa shape index (κ2) is 5.01. The molecule has 1 atom stereocenters. The summed E-state index contributed by atoms with van der Waals surface area (Å²) >= 11 is 0. The van der Waals surface area contributed by atoms with Crippen LogP contribution >= 0.6 is 0 Å². The van der Waals surface area contributed by atoms with Gasteiger partial charge in [0.15, 0.2) is 0 Å². The third-order valence-electron chi connectivity index (χ3n) is 2.89. The van der Waals surface area contributed by atoms with Gasteiger partial charge in [-0.2, -0.15) is 13.2 Å². The Bertz CT molecular complexity index is 163. The van der Waals surface area contributed by atoms with Crippen molar-refractivity contribution in [2.24, 2.45) is 11.1 Å². The maximum absolute atomic E-state index is 11.8. The molecule has 0 bridgehead atoms. The van der Waals surface area contributed by atoms with Crippen LogP contribution in [0.25, 0.3) is 0 Å². The third-order valence-corrected chi connectivity index (χ3v) is 2.89. The van der Waals surface area contributed by atoms with Gasteiger partial charge in [0.2, 0.25) is 0 Å². The van der Waals surface area contributed by atoms with E-state index < -0.39 is 12.6 Å². The molecule has 0 rings (SSSR count). The molecule has 0 aliphatic rings. The predicted molar refractivity (Wildman–Crippen MR) is 52.0 cm³/mol. The Balaban J connectivity index is 3.80. The minimum absolute atomic E-state index is 0.0639. The van der Waals surface area contributed by atoms with Gasteiger partial charge in [0.05, 0.1) is 0 Å². The molecule has 0 spiro atoms. The fraction of sp³-hybridized carbons (Fsp3) is 1.00. The average Bonchev–Trinajstić information content (AvgIpc) is 2.02. The molecule has 0 fully saturated rings. The van der Waals surface area contributed by atoms with E-state index in [1.165, 1.54) is 0 Å². The zero-order valence-electron chi connectivity index (χ0n) is 9.12. The smallest absolute Gasteiger partial charge is 0.327 e. The van der Waals surface area contributed by atoms with Gasteiger partial charge in [-0.15, -0.1) is 0 Å². The van der Waals surface area contributed by atoms with Crippen molar-refractivity contribution in [1.29, 1.82) is 0 Å². The Labute approximate surface area is 83.9 Å².